The fourth-order valence-electron chi connectivity index (χ4n) is 2.08. The lowest BCUT2D eigenvalue weighted by atomic mass is 10.0. The number of hydrogen-bond donors (Lipinski definition) is 1. The zero-order valence-corrected chi connectivity index (χ0v) is 10.5. The van der Waals surface area contributed by atoms with Crippen molar-refractivity contribution in [2.75, 3.05) is 13.3 Å². The van der Waals surface area contributed by atoms with Gasteiger partial charge in [0.15, 0.2) is 6.73 Å². The van der Waals surface area contributed by atoms with Crippen LogP contribution in [0.5, 0.6) is 0 Å². The minimum absolute atomic E-state index is 0.0166. The van der Waals surface area contributed by atoms with E-state index in [9.17, 15) is 13.2 Å². The Morgan fingerprint density at radius 2 is 1.83 bits per heavy atom. The lowest BCUT2D eigenvalue weighted by Gasteiger charge is -2.25. The SMILES string of the molecule is CC1(C)COC[NH+]1Cc1ccc(C(F)(F)F)cc1. The molecule has 1 saturated heterocycles. The topological polar surface area (TPSA) is 13.7 Å². The molecule has 1 N–H and O–H groups in total. The number of alkyl halides is 3. The summed E-state index contributed by atoms with van der Waals surface area (Å²) in [6.07, 6.45) is -4.26. The van der Waals surface area contributed by atoms with Crippen molar-refractivity contribution in [2.24, 2.45) is 0 Å². The predicted molar refractivity (Wildman–Crippen MR) is 61.0 cm³/mol. The van der Waals surface area contributed by atoms with Gasteiger partial charge in [-0.25, -0.2) is 0 Å². The Labute approximate surface area is 104 Å². The largest absolute Gasteiger partial charge is 0.416 e. The van der Waals surface area contributed by atoms with E-state index in [1.807, 2.05) is 0 Å². The van der Waals surface area contributed by atoms with Crippen LogP contribution in [-0.4, -0.2) is 18.9 Å². The zero-order chi connectivity index (χ0) is 13.4. The Hall–Kier alpha value is -1.07. The zero-order valence-electron chi connectivity index (χ0n) is 10.5. The molecule has 18 heavy (non-hydrogen) atoms. The van der Waals surface area contributed by atoms with Crippen molar-refractivity contribution in [3.63, 3.8) is 0 Å². The van der Waals surface area contributed by atoms with Gasteiger partial charge in [0.2, 0.25) is 0 Å². The van der Waals surface area contributed by atoms with Crippen LogP contribution in [0.3, 0.4) is 0 Å². The summed E-state index contributed by atoms with van der Waals surface area (Å²) in [6, 6.07) is 5.37. The van der Waals surface area contributed by atoms with Crippen LogP contribution < -0.4 is 4.90 Å². The van der Waals surface area contributed by atoms with E-state index in [1.165, 1.54) is 4.90 Å². The summed E-state index contributed by atoms with van der Waals surface area (Å²) in [5.74, 6) is 0. The van der Waals surface area contributed by atoms with Gasteiger partial charge < -0.3 is 9.64 Å². The summed E-state index contributed by atoms with van der Waals surface area (Å²) in [6.45, 7) is 6.17. The van der Waals surface area contributed by atoms with Crippen molar-refractivity contribution in [1.82, 2.24) is 0 Å². The molecule has 0 aliphatic carbocycles. The van der Waals surface area contributed by atoms with Gasteiger partial charge in [0.05, 0.1) is 5.56 Å². The predicted octanol–water partition coefficient (Wildman–Crippen LogP) is 1.86. The fourth-order valence-corrected chi connectivity index (χ4v) is 2.08. The third-order valence-corrected chi connectivity index (χ3v) is 3.40. The molecule has 0 spiro atoms. The molecular formula is C13H17F3NO+. The number of hydrogen-bond acceptors (Lipinski definition) is 1. The van der Waals surface area contributed by atoms with Crippen LogP contribution >= 0.6 is 0 Å². The molecule has 1 atom stereocenters. The average Bonchev–Trinajstić information content (AvgIpc) is 2.58. The molecule has 5 heteroatoms. The number of benzene rings is 1. The molecule has 0 amide bonds. The highest BCUT2D eigenvalue weighted by Crippen LogP contribution is 2.29. The summed E-state index contributed by atoms with van der Waals surface area (Å²) in [5, 5.41) is 0. The van der Waals surface area contributed by atoms with Gasteiger partial charge in [-0.15, -0.1) is 0 Å². The molecule has 1 aliphatic rings. The van der Waals surface area contributed by atoms with Gasteiger partial charge in [-0.05, 0) is 26.0 Å². The Morgan fingerprint density at radius 1 is 1.22 bits per heavy atom. The maximum atomic E-state index is 12.4. The lowest BCUT2D eigenvalue weighted by Crippen LogP contribution is -3.16. The number of quaternary nitrogens is 1. The van der Waals surface area contributed by atoms with Crippen LogP contribution in [0.15, 0.2) is 24.3 Å². The Kier molecular flexibility index (Phi) is 3.38. The summed E-state index contributed by atoms with van der Waals surface area (Å²) in [4.78, 5) is 1.24. The van der Waals surface area contributed by atoms with Gasteiger partial charge in [0.25, 0.3) is 0 Å². The summed E-state index contributed by atoms with van der Waals surface area (Å²) in [7, 11) is 0. The molecule has 100 valence electrons. The molecule has 1 aromatic carbocycles. The summed E-state index contributed by atoms with van der Waals surface area (Å²) >= 11 is 0. The van der Waals surface area contributed by atoms with Crippen molar-refractivity contribution in [3.8, 4) is 0 Å². The van der Waals surface area contributed by atoms with E-state index in [0.29, 0.717) is 19.9 Å². The quantitative estimate of drug-likeness (QED) is 0.857. The van der Waals surface area contributed by atoms with Crippen molar-refractivity contribution in [1.29, 1.82) is 0 Å². The third-order valence-electron chi connectivity index (χ3n) is 3.40. The fraction of sp³-hybridized carbons (Fsp3) is 0.538. The van der Waals surface area contributed by atoms with Gasteiger partial charge in [0, 0.05) is 5.56 Å². The Balaban J connectivity index is 2.07. The second-order valence-corrected chi connectivity index (χ2v) is 5.35. The van der Waals surface area contributed by atoms with E-state index in [-0.39, 0.29) is 5.54 Å². The van der Waals surface area contributed by atoms with Gasteiger partial charge >= 0.3 is 6.18 Å². The first kappa shape index (κ1) is 13.4. The Morgan fingerprint density at radius 3 is 2.28 bits per heavy atom. The van der Waals surface area contributed by atoms with Crippen LogP contribution in [0.1, 0.15) is 25.0 Å². The van der Waals surface area contributed by atoms with Crippen molar-refractivity contribution in [3.05, 3.63) is 35.4 Å². The molecule has 0 radical (unpaired) electrons. The highest BCUT2D eigenvalue weighted by molar-refractivity contribution is 5.24. The number of halogens is 3. The van der Waals surface area contributed by atoms with Gasteiger partial charge in [0.1, 0.15) is 18.7 Å². The molecule has 0 bridgehead atoms. The second kappa shape index (κ2) is 4.55. The van der Waals surface area contributed by atoms with Crippen LogP contribution in [0.4, 0.5) is 13.2 Å². The molecule has 2 nitrogen and oxygen atoms in total. The molecule has 0 saturated carbocycles. The lowest BCUT2D eigenvalue weighted by molar-refractivity contribution is -0.954. The molecule has 1 aliphatic heterocycles. The molecule has 0 aromatic heterocycles. The Bertz CT molecular complexity index is 411. The second-order valence-electron chi connectivity index (χ2n) is 5.35. The van der Waals surface area contributed by atoms with E-state index in [0.717, 1.165) is 17.7 Å². The van der Waals surface area contributed by atoms with Crippen molar-refractivity contribution >= 4 is 0 Å². The number of ether oxygens (including phenoxy) is 1. The van der Waals surface area contributed by atoms with E-state index in [1.54, 1.807) is 12.1 Å². The van der Waals surface area contributed by atoms with Crippen LogP contribution in [0, 0.1) is 0 Å². The van der Waals surface area contributed by atoms with E-state index >= 15 is 0 Å². The number of rotatable bonds is 2. The summed E-state index contributed by atoms with van der Waals surface area (Å²) in [5.41, 5.74) is 0.317. The maximum absolute atomic E-state index is 12.4. The summed E-state index contributed by atoms with van der Waals surface area (Å²) < 4.78 is 42.7. The minimum Gasteiger partial charge on any atom is -0.325 e. The smallest absolute Gasteiger partial charge is 0.325 e. The molecule has 1 fully saturated rings. The highest BCUT2D eigenvalue weighted by Gasteiger charge is 2.37. The van der Waals surface area contributed by atoms with Gasteiger partial charge in [-0.1, -0.05) is 12.1 Å². The van der Waals surface area contributed by atoms with E-state index < -0.39 is 11.7 Å². The maximum Gasteiger partial charge on any atom is 0.416 e. The van der Waals surface area contributed by atoms with Crippen LogP contribution in [-0.2, 0) is 17.5 Å². The van der Waals surface area contributed by atoms with Crippen molar-refractivity contribution < 1.29 is 22.8 Å². The van der Waals surface area contributed by atoms with Crippen LogP contribution in [0.25, 0.3) is 0 Å². The van der Waals surface area contributed by atoms with Crippen LogP contribution in [0.2, 0.25) is 0 Å². The normalized spacial score (nSPS) is 23.3. The minimum atomic E-state index is -4.26. The molecule has 2 rings (SSSR count). The van der Waals surface area contributed by atoms with Crippen molar-refractivity contribution in [2.45, 2.75) is 32.1 Å². The molecule has 1 aromatic rings. The van der Waals surface area contributed by atoms with Gasteiger partial charge in [-0.3, -0.25) is 0 Å². The first-order chi connectivity index (χ1) is 8.29. The molecule has 1 heterocycles. The average molecular weight is 260 g/mol. The first-order valence-corrected chi connectivity index (χ1v) is 5.88. The van der Waals surface area contributed by atoms with E-state index in [2.05, 4.69) is 13.8 Å². The standard InChI is InChI=1S/C13H16F3NO/c1-12(2)8-18-9-17(12)7-10-3-5-11(6-4-10)13(14,15)16/h3-6H,7-9H2,1-2H3/p+1. The van der Waals surface area contributed by atoms with E-state index in [4.69, 9.17) is 4.74 Å². The molecule has 1 unspecified atom stereocenters. The van der Waals surface area contributed by atoms with Gasteiger partial charge in [-0.2, -0.15) is 13.2 Å². The highest BCUT2D eigenvalue weighted by atomic mass is 19.4. The molecular weight excluding hydrogens is 243 g/mol. The number of nitrogens with one attached hydrogen (secondary N) is 1. The monoisotopic (exact) mass is 260 g/mol. The third kappa shape index (κ3) is 2.84. The first-order valence-electron chi connectivity index (χ1n) is 5.88.